The van der Waals surface area contributed by atoms with Gasteiger partial charge in [-0.25, -0.2) is 4.98 Å². The van der Waals surface area contributed by atoms with Gasteiger partial charge in [0.15, 0.2) is 0 Å². The van der Waals surface area contributed by atoms with Gasteiger partial charge in [-0.05, 0) is 42.7 Å². The monoisotopic (exact) mass is 445 g/mol. The van der Waals surface area contributed by atoms with Crippen molar-refractivity contribution in [2.24, 2.45) is 0 Å². The topological polar surface area (TPSA) is 83.3 Å². The SMILES string of the molecule is CCc1ccc2c(N)c(C(=O)NCCc3ccc(N4CCNCC4)cc3)sc2n1.Cl. The zero-order valence-electron chi connectivity index (χ0n) is 17.1. The summed E-state index contributed by atoms with van der Waals surface area (Å²) >= 11 is 1.37. The van der Waals surface area contributed by atoms with E-state index >= 15 is 0 Å². The first-order chi connectivity index (χ1) is 14.2. The fraction of sp³-hybridized carbons (Fsp3) is 0.364. The van der Waals surface area contributed by atoms with Gasteiger partial charge in [0.05, 0.1) is 5.69 Å². The van der Waals surface area contributed by atoms with E-state index in [9.17, 15) is 4.79 Å². The van der Waals surface area contributed by atoms with Crippen LogP contribution in [0.3, 0.4) is 0 Å². The zero-order valence-corrected chi connectivity index (χ0v) is 18.7. The van der Waals surface area contributed by atoms with Gasteiger partial charge in [-0.15, -0.1) is 23.7 Å². The van der Waals surface area contributed by atoms with Crippen LogP contribution in [0.1, 0.15) is 27.9 Å². The number of thiophene rings is 1. The van der Waals surface area contributed by atoms with Crippen LogP contribution < -0.4 is 21.3 Å². The van der Waals surface area contributed by atoms with Crippen molar-refractivity contribution < 1.29 is 4.79 Å². The number of amides is 1. The Hall–Kier alpha value is -2.35. The van der Waals surface area contributed by atoms with E-state index in [2.05, 4.69) is 51.7 Å². The predicted octanol–water partition coefficient (Wildman–Crippen LogP) is 3.24. The molecule has 160 valence electrons. The molecule has 0 bridgehead atoms. The first kappa shape index (κ1) is 22.3. The number of nitrogens with one attached hydrogen (secondary N) is 2. The normalized spacial score (nSPS) is 13.8. The van der Waals surface area contributed by atoms with E-state index in [1.165, 1.54) is 22.6 Å². The maximum atomic E-state index is 12.6. The van der Waals surface area contributed by atoms with Crippen LogP contribution in [0.4, 0.5) is 11.4 Å². The van der Waals surface area contributed by atoms with Crippen molar-refractivity contribution in [2.75, 3.05) is 43.4 Å². The molecule has 30 heavy (non-hydrogen) atoms. The van der Waals surface area contributed by atoms with Gasteiger partial charge in [-0.2, -0.15) is 0 Å². The van der Waals surface area contributed by atoms with Gasteiger partial charge < -0.3 is 21.3 Å². The lowest BCUT2D eigenvalue weighted by Gasteiger charge is -2.29. The van der Waals surface area contributed by atoms with Crippen LogP contribution in [-0.2, 0) is 12.8 Å². The summed E-state index contributed by atoms with van der Waals surface area (Å²) in [5, 5.41) is 7.23. The van der Waals surface area contributed by atoms with E-state index in [-0.39, 0.29) is 18.3 Å². The Morgan fingerprint density at radius 2 is 1.93 bits per heavy atom. The molecule has 1 aliphatic heterocycles. The van der Waals surface area contributed by atoms with Gasteiger partial charge in [0.25, 0.3) is 5.91 Å². The second-order valence-electron chi connectivity index (χ2n) is 7.26. The van der Waals surface area contributed by atoms with Crippen LogP contribution in [0.2, 0.25) is 0 Å². The van der Waals surface area contributed by atoms with E-state index in [0.717, 1.165) is 54.9 Å². The largest absolute Gasteiger partial charge is 0.397 e. The number of pyridine rings is 1. The molecule has 1 aromatic carbocycles. The third kappa shape index (κ3) is 4.86. The highest BCUT2D eigenvalue weighted by Crippen LogP contribution is 2.32. The van der Waals surface area contributed by atoms with E-state index in [4.69, 9.17) is 5.73 Å². The number of nitrogens with zero attached hydrogens (tertiary/aromatic N) is 2. The second kappa shape index (κ2) is 10.1. The summed E-state index contributed by atoms with van der Waals surface area (Å²) < 4.78 is 0. The molecule has 0 spiro atoms. The molecule has 0 unspecified atom stereocenters. The van der Waals surface area contributed by atoms with E-state index in [1.807, 2.05) is 12.1 Å². The van der Waals surface area contributed by atoms with Crippen LogP contribution in [0.5, 0.6) is 0 Å². The molecule has 6 nitrogen and oxygen atoms in total. The minimum absolute atomic E-state index is 0. The van der Waals surface area contributed by atoms with Crippen LogP contribution in [0, 0.1) is 0 Å². The fourth-order valence-corrected chi connectivity index (χ4v) is 4.63. The average molecular weight is 446 g/mol. The summed E-state index contributed by atoms with van der Waals surface area (Å²) in [6.07, 6.45) is 1.65. The second-order valence-corrected chi connectivity index (χ2v) is 8.26. The summed E-state index contributed by atoms with van der Waals surface area (Å²) in [4.78, 5) is 21.0. The highest BCUT2D eigenvalue weighted by Gasteiger charge is 2.17. The quantitative estimate of drug-likeness (QED) is 0.542. The number of aromatic nitrogens is 1. The van der Waals surface area contributed by atoms with Crippen molar-refractivity contribution >= 4 is 51.2 Å². The molecule has 1 aliphatic rings. The third-order valence-corrected chi connectivity index (χ3v) is 6.45. The standard InChI is InChI=1S/C22H27N5OS.ClH/c1-2-16-5-8-18-19(23)20(29-22(18)26-16)21(28)25-10-9-15-3-6-17(7-4-15)27-13-11-24-12-14-27;/h3-8,24H,2,9-14,23H2,1H3,(H,25,28);1H. The van der Waals surface area contributed by atoms with E-state index in [0.29, 0.717) is 17.1 Å². The summed E-state index contributed by atoms with van der Waals surface area (Å²) in [5.74, 6) is -0.124. The molecular formula is C22H28ClN5OS. The molecule has 0 radical (unpaired) electrons. The minimum atomic E-state index is -0.124. The number of carbonyl (C=O) groups excluding carboxylic acids is 1. The smallest absolute Gasteiger partial charge is 0.263 e. The number of hydrogen-bond donors (Lipinski definition) is 3. The van der Waals surface area contributed by atoms with Crippen LogP contribution >= 0.6 is 23.7 Å². The molecule has 0 aliphatic carbocycles. The summed E-state index contributed by atoms with van der Waals surface area (Å²) in [6, 6.07) is 12.6. The van der Waals surface area contributed by atoms with Gasteiger partial charge >= 0.3 is 0 Å². The number of nitrogen functional groups attached to an aromatic ring is 1. The van der Waals surface area contributed by atoms with Crippen molar-refractivity contribution in [3.63, 3.8) is 0 Å². The number of aryl methyl sites for hydroxylation is 1. The molecule has 1 saturated heterocycles. The molecule has 3 aromatic rings. The number of fused-ring (bicyclic) bond motifs is 1. The van der Waals surface area contributed by atoms with Gasteiger partial charge in [0, 0.05) is 49.5 Å². The molecule has 4 rings (SSSR count). The first-order valence-corrected chi connectivity index (χ1v) is 11.0. The summed E-state index contributed by atoms with van der Waals surface area (Å²) in [5.41, 5.74) is 10.2. The van der Waals surface area contributed by atoms with Crippen LogP contribution in [0.15, 0.2) is 36.4 Å². The fourth-order valence-electron chi connectivity index (χ4n) is 3.60. The van der Waals surface area contributed by atoms with E-state index < -0.39 is 0 Å². The number of anilines is 2. The molecule has 3 heterocycles. The Bertz CT molecular complexity index is 999. The molecule has 8 heteroatoms. The highest BCUT2D eigenvalue weighted by atomic mass is 35.5. The van der Waals surface area contributed by atoms with Crippen LogP contribution in [-0.4, -0.2) is 43.6 Å². The van der Waals surface area contributed by atoms with Gasteiger partial charge in [0.2, 0.25) is 0 Å². The highest BCUT2D eigenvalue weighted by molar-refractivity contribution is 7.21. The molecular weight excluding hydrogens is 418 g/mol. The Morgan fingerprint density at radius 3 is 2.63 bits per heavy atom. The molecule has 0 saturated carbocycles. The maximum Gasteiger partial charge on any atom is 0.263 e. The van der Waals surface area contributed by atoms with Crippen molar-refractivity contribution in [1.29, 1.82) is 0 Å². The van der Waals surface area contributed by atoms with Crippen molar-refractivity contribution in [2.45, 2.75) is 19.8 Å². The molecule has 1 amide bonds. The molecule has 4 N–H and O–H groups in total. The van der Waals surface area contributed by atoms with Gasteiger partial charge in [-0.3, -0.25) is 4.79 Å². The van der Waals surface area contributed by atoms with Gasteiger partial charge in [0.1, 0.15) is 9.71 Å². The third-order valence-electron chi connectivity index (χ3n) is 5.34. The lowest BCUT2D eigenvalue weighted by molar-refractivity contribution is 0.0959. The summed E-state index contributed by atoms with van der Waals surface area (Å²) in [6.45, 7) is 6.79. The predicted molar refractivity (Wildman–Crippen MR) is 128 cm³/mol. The Kier molecular flexibility index (Phi) is 7.53. The zero-order chi connectivity index (χ0) is 20.2. The lowest BCUT2D eigenvalue weighted by atomic mass is 10.1. The molecule has 0 atom stereocenters. The summed E-state index contributed by atoms with van der Waals surface area (Å²) in [7, 11) is 0. The van der Waals surface area contributed by atoms with Crippen molar-refractivity contribution in [3.8, 4) is 0 Å². The number of carbonyl (C=O) groups is 1. The number of rotatable bonds is 6. The molecule has 2 aromatic heterocycles. The maximum absolute atomic E-state index is 12.6. The Morgan fingerprint density at radius 1 is 1.20 bits per heavy atom. The number of benzene rings is 1. The number of halogens is 1. The number of hydrogen-bond acceptors (Lipinski definition) is 6. The van der Waals surface area contributed by atoms with E-state index in [1.54, 1.807) is 0 Å². The number of piperazine rings is 1. The number of nitrogens with two attached hydrogens (primary N) is 1. The lowest BCUT2D eigenvalue weighted by Crippen LogP contribution is -2.43. The Labute approximate surface area is 187 Å². The van der Waals surface area contributed by atoms with Crippen molar-refractivity contribution in [1.82, 2.24) is 15.6 Å². The van der Waals surface area contributed by atoms with Crippen molar-refractivity contribution in [3.05, 3.63) is 52.5 Å². The van der Waals surface area contributed by atoms with Gasteiger partial charge in [-0.1, -0.05) is 19.1 Å². The minimum Gasteiger partial charge on any atom is -0.397 e. The molecule has 1 fully saturated rings. The van der Waals surface area contributed by atoms with Crippen LogP contribution in [0.25, 0.3) is 10.2 Å². The average Bonchev–Trinajstić information content (AvgIpc) is 3.10. The Balaban J connectivity index is 0.00000256. The first-order valence-electron chi connectivity index (χ1n) is 10.2.